The second-order valence-electron chi connectivity index (χ2n) is 3.41. The number of aromatic nitrogens is 2. The van der Waals surface area contributed by atoms with Crippen molar-refractivity contribution in [1.29, 1.82) is 0 Å². The molecule has 0 fully saturated rings. The smallest absolute Gasteiger partial charge is 0.194 e. The van der Waals surface area contributed by atoms with Crippen molar-refractivity contribution in [1.82, 2.24) is 9.78 Å². The summed E-state index contributed by atoms with van der Waals surface area (Å²) in [5, 5.41) is 4.02. The largest absolute Gasteiger partial charge is 0.378 e. The van der Waals surface area contributed by atoms with Crippen LogP contribution < -0.4 is 0 Å². The molecule has 0 saturated carbocycles. The van der Waals surface area contributed by atoms with Crippen molar-refractivity contribution in [3.63, 3.8) is 0 Å². The van der Waals surface area contributed by atoms with Gasteiger partial charge in [-0.05, 0) is 6.07 Å². The normalized spacial score (nSPS) is 10.8. The van der Waals surface area contributed by atoms with Crippen LogP contribution in [-0.2, 0) is 11.3 Å². The number of benzene rings is 1. The van der Waals surface area contributed by atoms with Crippen molar-refractivity contribution in [2.45, 2.75) is 6.61 Å². The van der Waals surface area contributed by atoms with Crippen LogP contribution >= 0.6 is 0 Å². The van der Waals surface area contributed by atoms with Gasteiger partial charge < -0.3 is 4.74 Å². The predicted molar refractivity (Wildman–Crippen MR) is 54.2 cm³/mol. The zero-order chi connectivity index (χ0) is 12.4. The molecule has 3 nitrogen and oxygen atoms in total. The summed E-state index contributed by atoms with van der Waals surface area (Å²) in [6.07, 6.45) is 1.51. The standard InChI is InChI=1S/C11H9F3N2O/c1-17-6-7-2-3-16(15-7)8-4-9(12)11(14)10(13)5-8/h2-5H,6H2,1H3. The first-order chi connectivity index (χ1) is 8.11. The lowest BCUT2D eigenvalue weighted by Gasteiger charge is -2.03. The van der Waals surface area contributed by atoms with Crippen molar-refractivity contribution in [3.8, 4) is 5.69 Å². The highest BCUT2D eigenvalue weighted by Crippen LogP contribution is 2.16. The van der Waals surface area contributed by atoms with Crippen LogP contribution in [0.1, 0.15) is 5.69 Å². The van der Waals surface area contributed by atoms with Gasteiger partial charge in [-0.1, -0.05) is 0 Å². The first-order valence-corrected chi connectivity index (χ1v) is 4.80. The molecule has 0 aliphatic rings. The first-order valence-electron chi connectivity index (χ1n) is 4.80. The molecule has 1 aromatic heterocycles. The third-order valence-corrected chi connectivity index (χ3v) is 2.17. The number of rotatable bonds is 3. The average molecular weight is 242 g/mol. The molecule has 90 valence electrons. The summed E-state index contributed by atoms with van der Waals surface area (Å²) in [5.41, 5.74) is 0.724. The van der Waals surface area contributed by atoms with Gasteiger partial charge in [0.05, 0.1) is 18.0 Å². The minimum absolute atomic E-state index is 0.115. The van der Waals surface area contributed by atoms with Gasteiger partial charge in [0.2, 0.25) is 0 Å². The third kappa shape index (κ3) is 2.31. The minimum Gasteiger partial charge on any atom is -0.378 e. The first kappa shape index (κ1) is 11.7. The van der Waals surface area contributed by atoms with Crippen LogP contribution in [0.15, 0.2) is 24.4 Å². The third-order valence-electron chi connectivity index (χ3n) is 2.17. The lowest BCUT2D eigenvalue weighted by atomic mass is 10.3. The van der Waals surface area contributed by atoms with Gasteiger partial charge in [0.1, 0.15) is 0 Å². The summed E-state index contributed by atoms with van der Waals surface area (Å²) in [6, 6.07) is 3.40. The molecule has 17 heavy (non-hydrogen) atoms. The van der Waals surface area contributed by atoms with E-state index in [4.69, 9.17) is 4.74 Å². The molecule has 2 aromatic rings. The summed E-state index contributed by atoms with van der Waals surface area (Å²) >= 11 is 0. The average Bonchev–Trinajstić information content (AvgIpc) is 2.74. The molecular formula is C11H9F3N2O. The van der Waals surface area contributed by atoms with E-state index in [0.29, 0.717) is 12.3 Å². The van der Waals surface area contributed by atoms with E-state index in [1.54, 1.807) is 6.07 Å². The van der Waals surface area contributed by atoms with E-state index in [-0.39, 0.29) is 5.69 Å². The molecule has 0 saturated heterocycles. The van der Waals surface area contributed by atoms with E-state index >= 15 is 0 Å². The molecule has 1 heterocycles. The Labute approximate surface area is 95.4 Å². The van der Waals surface area contributed by atoms with Gasteiger partial charge in [0.25, 0.3) is 0 Å². The topological polar surface area (TPSA) is 27.1 Å². The Kier molecular flexibility index (Phi) is 3.14. The van der Waals surface area contributed by atoms with Crippen LogP contribution in [0.2, 0.25) is 0 Å². The Morgan fingerprint density at radius 3 is 2.47 bits per heavy atom. The van der Waals surface area contributed by atoms with Gasteiger partial charge in [-0.3, -0.25) is 0 Å². The maximum absolute atomic E-state index is 13.0. The molecule has 0 unspecified atom stereocenters. The van der Waals surface area contributed by atoms with Crippen molar-refractivity contribution in [2.75, 3.05) is 7.11 Å². The Balaban J connectivity index is 2.39. The van der Waals surface area contributed by atoms with E-state index < -0.39 is 17.5 Å². The van der Waals surface area contributed by atoms with Crippen LogP contribution in [0.3, 0.4) is 0 Å². The highest BCUT2D eigenvalue weighted by atomic mass is 19.2. The number of nitrogens with zero attached hydrogens (tertiary/aromatic N) is 2. The van der Waals surface area contributed by atoms with E-state index in [0.717, 1.165) is 12.1 Å². The quantitative estimate of drug-likeness (QED) is 0.773. The second-order valence-corrected chi connectivity index (χ2v) is 3.41. The maximum atomic E-state index is 13.0. The summed E-state index contributed by atoms with van der Waals surface area (Å²) in [6.45, 7) is 0.291. The van der Waals surface area contributed by atoms with E-state index in [9.17, 15) is 13.2 Å². The highest BCUT2D eigenvalue weighted by molar-refractivity contribution is 5.33. The molecule has 0 spiro atoms. The molecule has 0 aliphatic heterocycles. The lowest BCUT2D eigenvalue weighted by Crippen LogP contribution is -2.00. The Bertz CT molecular complexity index is 516. The number of hydrogen-bond acceptors (Lipinski definition) is 2. The van der Waals surface area contributed by atoms with Crippen LogP contribution in [0.5, 0.6) is 0 Å². The number of halogens is 3. The predicted octanol–water partition coefficient (Wildman–Crippen LogP) is 2.44. The molecule has 0 amide bonds. The van der Waals surface area contributed by atoms with Gasteiger partial charge in [-0.15, -0.1) is 0 Å². The molecular weight excluding hydrogens is 233 g/mol. The lowest BCUT2D eigenvalue weighted by molar-refractivity contribution is 0.181. The number of hydrogen-bond donors (Lipinski definition) is 0. The maximum Gasteiger partial charge on any atom is 0.194 e. The van der Waals surface area contributed by atoms with Gasteiger partial charge in [-0.2, -0.15) is 5.10 Å². The van der Waals surface area contributed by atoms with Crippen LogP contribution in [0.25, 0.3) is 5.69 Å². The summed E-state index contributed by atoms with van der Waals surface area (Å²) in [5.74, 6) is -3.98. The van der Waals surface area contributed by atoms with Crippen molar-refractivity contribution >= 4 is 0 Å². The Morgan fingerprint density at radius 2 is 1.88 bits per heavy atom. The molecule has 6 heteroatoms. The molecule has 0 N–H and O–H groups in total. The second kappa shape index (κ2) is 4.58. The molecule has 0 radical (unpaired) electrons. The molecule has 0 bridgehead atoms. The van der Waals surface area contributed by atoms with E-state index in [2.05, 4.69) is 5.10 Å². The summed E-state index contributed by atoms with van der Waals surface area (Å²) in [7, 11) is 1.51. The molecule has 1 aromatic carbocycles. The van der Waals surface area contributed by atoms with Crippen LogP contribution in [-0.4, -0.2) is 16.9 Å². The van der Waals surface area contributed by atoms with Crippen LogP contribution in [0.4, 0.5) is 13.2 Å². The zero-order valence-corrected chi connectivity index (χ0v) is 8.95. The van der Waals surface area contributed by atoms with Crippen molar-refractivity contribution in [3.05, 3.63) is 47.5 Å². The van der Waals surface area contributed by atoms with Crippen molar-refractivity contribution in [2.24, 2.45) is 0 Å². The molecule has 0 atom stereocenters. The summed E-state index contributed by atoms with van der Waals surface area (Å²) in [4.78, 5) is 0. The van der Waals surface area contributed by atoms with E-state index in [1.807, 2.05) is 0 Å². The van der Waals surface area contributed by atoms with Gasteiger partial charge >= 0.3 is 0 Å². The fourth-order valence-corrected chi connectivity index (χ4v) is 1.40. The summed E-state index contributed by atoms with van der Waals surface area (Å²) < 4.78 is 44.9. The highest BCUT2D eigenvalue weighted by Gasteiger charge is 2.12. The van der Waals surface area contributed by atoms with Gasteiger partial charge in [-0.25, -0.2) is 17.9 Å². The fourth-order valence-electron chi connectivity index (χ4n) is 1.40. The van der Waals surface area contributed by atoms with Gasteiger partial charge in [0, 0.05) is 25.4 Å². The van der Waals surface area contributed by atoms with Gasteiger partial charge in [0.15, 0.2) is 17.5 Å². The van der Waals surface area contributed by atoms with Crippen molar-refractivity contribution < 1.29 is 17.9 Å². The molecule has 0 aliphatic carbocycles. The Hall–Kier alpha value is -1.82. The number of methoxy groups -OCH3 is 1. The monoisotopic (exact) mass is 242 g/mol. The molecule has 2 rings (SSSR count). The van der Waals surface area contributed by atoms with Crippen LogP contribution in [0, 0.1) is 17.5 Å². The Morgan fingerprint density at radius 1 is 1.24 bits per heavy atom. The SMILES string of the molecule is COCc1ccn(-c2cc(F)c(F)c(F)c2)n1. The zero-order valence-electron chi connectivity index (χ0n) is 8.95. The minimum atomic E-state index is -1.49. The number of ether oxygens (including phenoxy) is 1. The fraction of sp³-hybridized carbons (Fsp3) is 0.182. The van der Waals surface area contributed by atoms with E-state index in [1.165, 1.54) is 18.0 Å².